The fourth-order valence-electron chi connectivity index (χ4n) is 0. The van der Waals surface area contributed by atoms with Gasteiger partial charge in [-0.05, 0) is 0 Å². The molecule has 0 fully saturated rings. The van der Waals surface area contributed by atoms with E-state index in [4.69, 9.17) is 11.6 Å². The Morgan fingerprint density at radius 3 is 1.40 bits per heavy atom. The zero-order chi connectivity index (χ0) is 2.71. The highest BCUT2D eigenvalue weighted by Gasteiger charge is 1.38. The molecular formula is C2H11Al2Cl. The molecule has 0 unspecified atom stereocenters. The Kier molecular flexibility index (Phi) is 59.3. The van der Waals surface area contributed by atoms with Crippen molar-refractivity contribution in [1.29, 1.82) is 0 Å². The molecule has 0 aromatic rings. The number of halogens is 1. The molecule has 0 bridgehead atoms. The summed E-state index contributed by atoms with van der Waals surface area (Å²) in [5.74, 6) is 0.722. The van der Waals surface area contributed by atoms with Crippen LogP contribution < -0.4 is 0 Å². The number of hydrogen-bond acceptors (Lipinski definition) is 0. The van der Waals surface area contributed by atoms with Crippen LogP contribution in [0.15, 0.2) is 0 Å². The molecule has 3 heteroatoms. The molecule has 0 N–H and O–H groups in total. The SMILES string of the molecule is CCCl.[AlH3].[AlH3]. The summed E-state index contributed by atoms with van der Waals surface area (Å²) in [6.07, 6.45) is 0. The summed E-state index contributed by atoms with van der Waals surface area (Å²) in [7, 11) is 0. The van der Waals surface area contributed by atoms with Crippen molar-refractivity contribution in [3.63, 3.8) is 0 Å². The molecule has 5 heavy (non-hydrogen) atoms. The molecule has 0 rings (SSSR count). The van der Waals surface area contributed by atoms with Gasteiger partial charge in [-0.15, -0.1) is 11.6 Å². The number of hydrogen-bond donors (Lipinski definition) is 0. The lowest BCUT2D eigenvalue weighted by atomic mass is 11.0. The third-order valence-corrected chi connectivity index (χ3v) is 0. The average molecular weight is 125 g/mol. The molecule has 0 nitrogen and oxygen atoms in total. The maximum absolute atomic E-state index is 5.00. The molecule has 0 aliphatic rings. The summed E-state index contributed by atoms with van der Waals surface area (Å²) in [4.78, 5) is 0. The van der Waals surface area contributed by atoms with Crippen LogP contribution in [0.3, 0.4) is 0 Å². The number of rotatable bonds is 0. The standard InChI is InChI=1S/C2H5Cl.2Al.6H/c1-2-3;;;;;;;;/h2H2,1H3;;;;;;;;. The van der Waals surface area contributed by atoms with Gasteiger partial charge < -0.3 is 0 Å². The highest BCUT2D eigenvalue weighted by Crippen LogP contribution is 1.59. The molecule has 0 radical (unpaired) electrons. The summed E-state index contributed by atoms with van der Waals surface area (Å²) in [5.41, 5.74) is 0. The van der Waals surface area contributed by atoms with E-state index in [1.54, 1.807) is 0 Å². The van der Waals surface area contributed by atoms with E-state index in [1.807, 2.05) is 6.92 Å². The Labute approximate surface area is 59.2 Å². The molecule has 0 aromatic carbocycles. The summed E-state index contributed by atoms with van der Waals surface area (Å²) >= 11 is 5.00. The van der Waals surface area contributed by atoms with Crippen molar-refractivity contribution in [3.8, 4) is 0 Å². The quantitative estimate of drug-likeness (QED) is 0.284. The van der Waals surface area contributed by atoms with Crippen LogP contribution >= 0.6 is 11.6 Å². The van der Waals surface area contributed by atoms with Crippen LogP contribution in [0.5, 0.6) is 0 Å². The van der Waals surface area contributed by atoms with Crippen molar-refractivity contribution in [2.75, 3.05) is 5.88 Å². The highest BCUT2D eigenvalue weighted by molar-refractivity contribution is 6.17. The van der Waals surface area contributed by atoms with Crippen LogP contribution in [0.4, 0.5) is 0 Å². The number of alkyl halides is 1. The highest BCUT2D eigenvalue weighted by atomic mass is 35.5. The summed E-state index contributed by atoms with van der Waals surface area (Å²) in [6.45, 7) is 1.89. The predicted octanol–water partition coefficient (Wildman–Crippen LogP) is -1.12. The zero-order valence-corrected chi connectivity index (χ0v) is 2.84. The van der Waals surface area contributed by atoms with Crippen LogP contribution in [0.2, 0.25) is 0 Å². The van der Waals surface area contributed by atoms with Gasteiger partial charge in [0, 0.05) is 5.88 Å². The van der Waals surface area contributed by atoms with E-state index in [1.165, 1.54) is 0 Å². The second-order valence-corrected chi connectivity index (χ2v) is 0.802. The molecule has 0 amide bonds. The topological polar surface area (TPSA) is 0 Å². The van der Waals surface area contributed by atoms with Crippen molar-refractivity contribution in [2.24, 2.45) is 0 Å². The van der Waals surface area contributed by atoms with Gasteiger partial charge in [-0.3, -0.25) is 0 Å². The Morgan fingerprint density at radius 2 is 1.40 bits per heavy atom. The van der Waals surface area contributed by atoms with Gasteiger partial charge >= 0.3 is 0 Å². The van der Waals surface area contributed by atoms with E-state index in [9.17, 15) is 0 Å². The predicted molar refractivity (Wildman–Crippen MR) is 36.3 cm³/mol. The maximum Gasteiger partial charge on any atom is 0.187 e. The van der Waals surface area contributed by atoms with Gasteiger partial charge in [0.1, 0.15) is 0 Å². The van der Waals surface area contributed by atoms with Crippen molar-refractivity contribution >= 4 is 46.3 Å². The van der Waals surface area contributed by atoms with Crippen LogP contribution in [-0.4, -0.2) is 40.6 Å². The Balaban J connectivity index is -0.0000000200. The van der Waals surface area contributed by atoms with Gasteiger partial charge in [-0.2, -0.15) is 0 Å². The fourth-order valence-corrected chi connectivity index (χ4v) is 0. The first-order valence-corrected chi connectivity index (χ1v) is 1.51. The van der Waals surface area contributed by atoms with Gasteiger partial charge in [-0.25, -0.2) is 0 Å². The zero-order valence-electron chi connectivity index (χ0n) is 2.09. The fraction of sp³-hybridized carbons (Fsp3) is 1.00. The second-order valence-electron chi connectivity index (χ2n) is 0.267. The summed E-state index contributed by atoms with van der Waals surface area (Å²) in [5, 5.41) is 0. The molecule has 0 atom stereocenters. The van der Waals surface area contributed by atoms with Crippen LogP contribution in [-0.2, 0) is 0 Å². The van der Waals surface area contributed by atoms with Gasteiger partial charge in [0.2, 0.25) is 0 Å². The van der Waals surface area contributed by atoms with Gasteiger partial charge in [0.15, 0.2) is 34.7 Å². The van der Waals surface area contributed by atoms with E-state index in [2.05, 4.69) is 0 Å². The minimum Gasteiger partial charge on any atom is -0.127 e. The lowest BCUT2D eigenvalue weighted by molar-refractivity contribution is 1.51. The van der Waals surface area contributed by atoms with Crippen LogP contribution in [0.25, 0.3) is 0 Å². The van der Waals surface area contributed by atoms with Gasteiger partial charge in [0.05, 0.1) is 0 Å². The van der Waals surface area contributed by atoms with Gasteiger partial charge in [-0.1, -0.05) is 6.92 Å². The molecule has 32 valence electrons. The summed E-state index contributed by atoms with van der Waals surface area (Å²) < 4.78 is 0. The Morgan fingerprint density at radius 1 is 1.40 bits per heavy atom. The lowest BCUT2D eigenvalue weighted by Gasteiger charge is -1.45. The monoisotopic (exact) mass is 124 g/mol. The van der Waals surface area contributed by atoms with E-state index >= 15 is 0 Å². The maximum atomic E-state index is 5.00. The molecule has 0 aliphatic heterocycles. The van der Waals surface area contributed by atoms with E-state index in [-0.39, 0.29) is 34.7 Å². The minimum atomic E-state index is 0. The molecule has 0 aliphatic carbocycles. The van der Waals surface area contributed by atoms with Crippen molar-refractivity contribution in [2.45, 2.75) is 6.92 Å². The van der Waals surface area contributed by atoms with Crippen molar-refractivity contribution < 1.29 is 0 Å². The minimum absolute atomic E-state index is 0. The third kappa shape index (κ3) is 32.8. The first-order valence-electron chi connectivity index (χ1n) is 0.974. The Bertz CT molecular complexity index is 7.61. The van der Waals surface area contributed by atoms with Crippen LogP contribution in [0, 0.1) is 0 Å². The van der Waals surface area contributed by atoms with Crippen LogP contribution in [0.1, 0.15) is 6.92 Å². The largest absolute Gasteiger partial charge is 0.187 e. The Hall–Kier alpha value is 1.35. The van der Waals surface area contributed by atoms with E-state index in [0.717, 1.165) is 5.88 Å². The van der Waals surface area contributed by atoms with Crippen molar-refractivity contribution in [1.82, 2.24) is 0 Å². The van der Waals surface area contributed by atoms with Crippen molar-refractivity contribution in [3.05, 3.63) is 0 Å². The lowest BCUT2D eigenvalue weighted by Crippen LogP contribution is -1.36. The molecule has 0 aromatic heterocycles. The molecule has 0 saturated heterocycles. The van der Waals surface area contributed by atoms with Gasteiger partial charge in [0.25, 0.3) is 0 Å². The molecular weight excluding hydrogens is 113 g/mol. The molecule has 0 saturated carbocycles. The van der Waals surface area contributed by atoms with E-state index < -0.39 is 0 Å². The first-order chi connectivity index (χ1) is 1.41. The normalized spacial score (nSPS) is 3.60. The molecule has 0 spiro atoms. The smallest absolute Gasteiger partial charge is 0.127 e. The third-order valence-electron chi connectivity index (χ3n) is 0. The molecule has 0 heterocycles. The first kappa shape index (κ1) is 16.2. The second kappa shape index (κ2) is 18.3. The summed E-state index contributed by atoms with van der Waals surface area (Å²) in [6, 6.07) is 0. The average Bonchev–Trinajstić information content (AvgIpc) is 0.918. The van der Waals surface area contributed by atoms with E-state index in [0.29, 0.717) is 0 Å².